The van der Waals surface area contributed by atoms with E-state index in [4.69, 9.17) is 4.42 Å². The van der Waals surface area contributed by atoms with Crippen molar-refractivity contribution in [3.05, 3.63) is 193 Å². The lowest BCUT2D eigenvalue weighted by Gasteiger charge is -2.23. The maximum Gasteiger partial charge on any atom is 0.143 e. The molecule has 0 aliphatic heterocycles. The van der Waals surface area contributed by atoms with Gasteiger partial charge in [-0.2, -0.15) is 0 Å². The first kappa shape index (κ1) is 31.4. The number of furan rings is 1. The molecule has 1 aromatic heterocycles. The second kappa shape index (κ2) is 11.5. The molecule has 1 nitrogen and oxygen atoms in total. The summed E-state index contributed by atoms with van der Waals surface area (Å²) in [4.78, 5) is 0. The van der Waals surface area contributed by atoms with Gasteiger partial charge in [0, 0.05) is 27.3 Å². The Labute approximate surface area is 325 Å². The molecule has 262 valence electrons. The molecule has 0 radical (unpaired) electrons. The highest BCUT2D eigenvalue weighted by Gasteiger charge is 2.39. The number of hydrogen-bond donors (Lipinski definition) is 0. The van der Waals surface area contributed by atoms with Gasteiger partial charge in [0.25, 0.3) is 0 Å². The first-order valence-corrected chi connectivity index (χ1v) is 19.6. The summed E-state index contributed by atoms with van der Waals surface area (Å²) in [7, 11) is 0. The molecule has 0 bridgehead atoms. The highest BCUT2D eigenvalue weighted by molar-refractivity contribution is 6.27. The van der Waals surface area contributed by atoms with E-state index < -0.39 is 0 Å². The van der Waals surface area contributed by atoms with Crippen LogP contribution in [0.25, 0.3) is 110 Å². The zero-order valence-electron chi connectivity index (χ0n) is 31.2. The van der Waals surface area contributed by atoms with Crippen LogP contribution < -0.4 is 0 Å². The fraction of sp³-hybridized carbons (Fsp3) is 0.0545. The molecule has 0 fully saturated rings. The zero-order chi connectivity index (χ0) is 37.1. The smallest absolute Gasteiger partial charge is 0.143 e. The summed E-state index contributed by atoms with van der Waals surface area (Å²) in [5.41, 5.74) is 14.3. The monoisotopic (exact) mass is 712 g/mol. The fourth-order valence-corrected chi connectivity index (χ4v) is 9.93. The minimum Gasteiger partial charge on any atom is -0.455 e. The summed E-state index contributed by atoms with van der Waals surface area (Å²) in [5, 5.41) is 12.2. The molecule has 1 aliphatic rings. The van der Waals surface area contributed by atoms with Gasteiger partial charge < -0.3 is 4.42 Å². The van der Waals surface area contributed by atoms with Gasteiger partial charge in [0.05, 0.1) is 0 Å². The molecule has 1 heterocycles. The van der Waals surface area contributed by atoms with Gasteiger partial charge >= 0.3 is 0 Å². The highest BCUT2D eigenvalue weighted by atomic mass is 16.3. The van der Waals surface area contributed by atoms with Gasteiger partial charge in [-0.3, -0.25) is 0 Å². The summed E-state index contributed by atoms with van der Waals surface area (Å²) in [6.07, 6.45) is 0. The van der Waals surface area contributed by atoms with Gasteiger partial charge in [-0.15, -0.1) is 0 Å². The molecule has 12 rings (SSSR count). The number of benzene rings is 10. The van der Waals surface area contributed by atoms with Crippen LogP contribution >= 0.6 is 0 Å². The Morgan fingerprint density at radius 2 is 0.911 bits per heavy atom. The summed E-state index contributed by atoms with van der Waals surface area (Å²) >= 11 is 0. The van der Waals surface area contributed by atoms with Crippen LogP contribution in [0.15, 0.2) is 186 Å². The van der Waals surface area contributed by atoms with E-state index in [1.807, 2.05) is 0 Å². The first-order chi connectivity index (χ1) is 27.5. The van der Waals surface area contributed by atoms with Crippen molar-refractivity contribution < 1.29 is 4.42 Å². The van der Waals surface area contributed by atoms with Crippen molar-refractivity contribution in [1.29, 1.82) is 0 Å². The first-order valence-electron chi connectivity index (χ1n) is 19.6. The number of hydrogen-bond acceptors (Lipinski definition) is 1. The summed E-state index contributed by atoms with van der Waals surface area (Å²) in [6, 6.07) is 67.0. The van der Waals surface area contributed by atoms with Gasteiger partial charge in [-0.1, -0.05) is 166 Å². The Kier molecular flexibility index (Phi) is 6.46. The molecule has 0 saturated heterocycles. The van der Waals surface area contributed by atoms with Gasteiger partial charge in [0.15, 0.2) is 0 Å². The third kappa shape index (κ3) is 4.37. The highest BCUT2D eigenvalue weighted by Crippen LogP contribution is 2.56. The number of rotatable bonds is 3. The van der Waals surface area contributed by atoms with Gasteiger partial charge in [0.2, 0.25) is 0 Å². The molecule has 11 aromatic rings. The summed E-state index contributed by atoms with van der Waals surface area (Å²) in [6.45, 7) is 4.76. The third-order valence-corrected chi connectivity index (χ3v) is 12.6. The van der Waals surface area contributed by atoms with Crippen molar-refractivity contribution in [2.24, 2.45) is 0 Å². The Hall–Kier alpha value is -6.96. The quantitative estimate of drug-likeness (QED) is 0.166. The Morgan fingerprint density at radius 1 is 0.357 bits per heavy atom. The van der Waals surface area contributed by atoms with E-state index in [0.717, 1.165) is 16.7 Å². The van der Waals surface area contributed by atoms with E-state index in [0.29, 0.717) is 0 Å². The molecule has 10 aromatic carbocycles. The van der Waals surface area contributed by atoms with Gasteiger partial charge in [-0.05, 0) is 118 Å². The van der Waals surface area contributed by atoms with Crippen molar-refractivity contribution in [3.63, 3.8) is 0 Å². The van der Waals surface area contributed by atoms with E-state index in [9.17, 15) is 0 Å². The van der Waals surface area contributed by atoms with Crippen LogP contribution in [-0.2, 0) is 5.41 Å². The molecule has 1 heteroatoms. The SMILES string of the molecule is CC1(C)c2ccccc2-c2c1cc(-c1c3ccccc3c(-c3ccc4cc(-c5ccccc5)ccc4c3)c3ccccc13)c1oc3cc4ccccc4cc3c21. The van der Waals surface area contributed by atoms with E-state index in [1.54, 1.807) is 0 Å². The lowest BCUT2D eigenvalue weighted by molar-refractivity contribution is 0.657. The van der Waals surface area contributed by atoms with E-state index in [1.165, 1.54) is 104 Å². The molecule has 0 unspecified atom stereocenters. The summed E-state index contributed by atoms with van der Waals surface area (Å²) < 4.78 is 7.16. The predicted molar refractivity (Wildman–Crippen MR) is 238 cm³/mol. The van der Waals surface area contributed by atoms with Crippen molar-refractivity contribution in [3.8, 4) is 44.5 Å². The summed E-state index contributed by atoms with van der Waals surface area (Å²) in [5.74, 6) is 0. The minimum atomic E-state index is -0.188. The van der Waals surface area contributed by atoms with Crippen LogP contribution in [-0.4, -0.2) is 0 Å². The van der Waals surface area contributed by atoms with Crippen molar-refractivity contribution in [2.45, 2.75) is 19.3 Å². The lowest BCUT2D eigenvalue weighted by Crippen LogP contribution is -2.15. The lowest BCUT2D eigenvalue weighted by atomic mass is 9.79. The molecule has 0 spiro atoms. The standard InChI is InChI=1S/C55H36O/c1-55(2)47-23-13-12-22-44(47)52-48(55)32-46(54-53(52)45-30-34-16-6-7-17-35(34)31-49(45)56-54)51-42-20-10-8-18-40(42)50(41-19-9-11-21-43(41)51)39-27-26-37-28-36(24-25-38(37)29-39)33-14-4-3-5-15-33/h3-32H,1-2H3. The van der Waals surface area contributed by atoms with Gasteiger partial charge in [-0.25, -0.2) is 0 Å². The second-order valence-electron chi connectivity index (χ2n) is 16.0. The molecule has 56 heavy (non-hydrogen) atoms. The molecule has 0 saturated carbocycles. The van der Waals surface area contributed by atoms with Crippen molar-refractivity contribution >= 4 is 65.0 Å². The maximum absolute atomic E-state index is 7.16. The molecular weight excluding hydrogens is 677 g/mol. The van der Waals surface area contributed by atoms with Crippen molar-refractivity contribution in [2.75, 3.05) is 0 Å². The number of fused-ring (bicyclic) bond motifs is 11. The molecule has 0 amide bonds. The van der Waals surface area contributed by atoms with Crippen molar-refractivity contribution in [1.82, 2.24) is 0 Å². The van der Waals surface area contributed by atoms with Crippen LogP contribution in [0.5, 0.6) is 0 Å². The van der Waals surface area contributed by atoms with Crippen LogP contribution in [0.3, 0.4) is 0 Å². The average molecular weight is 713 g/mol. The molecular formula is C55H36O. The second-order valence-corrected chi connectivity index (χ2v) is 16.0. The Morgan fingerprint density at radius 3 is 1.62 bits per heavy atom. The largest absolute Gasteiger partial charge is 0.455 e. The normalized spacial score (nSPS) is 13.3. The van der Waals surface area contributed by atoms with E-state index in [-0.39, 0.29) is 5.41 Å². The minimum absolute atomic E-state index is 0.188. The van der Waals surface area contributed by atoms with E-state index >= 15 is 0 Å². The maximum atomic E-state index is 7.16. The fourth-order valence-electron chi connectivity index (χ4n) is 9.93. The Bertz CT molecular complexity index is 3380. The zero-order valence-corrected chi connectivity index (χ0v) is 31.2. The van der Waals surface area contributed by atoms with Gasteiger partial charge in [0.1, 0.15) is 11.2 Å². The molecule has 0 atom stereocenters. The topological polar surface area (TPSA) is 13.1 Å². The predicted octanol–water partition coefficient (Wildman–Crippen LogP) is 15.5. The Balaban J connectivity index is 1.17. The third-order valence-electron chi connectivity index (χ3n) is 12.6. The van der Waals surface area contributed by atoms with Crippen LogP contribution in [0.4, 0.5) is 0 Å². The van der Waals surface area contributed by atoms with Crippen LogP contribution in [0.1, 0.15) is 25.0 Å². The van der Waals surface area contributed by atoms with Crippen LogP contribution in [0, 0.1) is 0 Å². The molecule has 1 aliphatic carbocycles. The van der Waals surface area contributed by atoms with E-state index in [2.05, 4.69) is 196 Å². The van der Waals surface area contributed by atoms with Crippen LogP contribution in [0.2, 0.25) is 0 Å². The average Bonchev–Trinajstić information content (AvgIpc) is 3.72. The molecule has 0 N–H and O–H groups in total.